The lowest BCUT2D eigenvalue weighted by Gasteiger charge is -2.06. The Bertz CT molecular complexity index is 819. The Balaban J connectivity index is 2.24. The van der Waals surface area contributed by atoms with Crippen molar-refractivity contribution in [3.8, 4) is 11.4 Å². The summed E-state index contributed by atoms with van der Waals surface area (Å²) in [5, 5.41) is 9.21. The van der Waals surface area contributed by atoms with Gasteiger partial charge in [0.05, 0.1) is 11.8 Å². The summed E-state index contributed by atoms with van der Waals surface area (Å²) in [7, 11) is 0. The van der Waals surface area contributed by atoms with E-state index in [0.717, 1.165) is 0 Å². The van der Waals surface area contributed by atoms with Gasteiger partial charge in [-0.15, -0.1) is 0 Å². The Morgan fingerprint density at radius 3 is 2.75 bits per heavy atom. The molecule has 0 saturated heterocycles. The molecule has 2 aromatic heterocycles. The summed E-state index contributed by atoms with van der Waals surface area (Å²) in [6.07, 6.45) is 4.55. The van der Waals surface area contributed by atoms with Gasteiger partial charge in [0.1, 0.15) is 5.52 Å². The van der Waals surface area contributed by atoms with E-state index >= 15 is 0 Å². The molecule has 3 aromatic rings. The highest BCUT2D eigenvalue weighted by Crippen LogP contribution is 2.23. The minimum absolute atomic E-state index is 0.0856. The van der Waals surface area contributed by atoms with Crippen LogP contribution < -0.4 is 5.73 Å². The number of aromatic carboxylic acids is 1. The van der Waals surface area contributed by atoms with Gasteiger partial charge in [-0.05, 0) is 18.2 Å². The van der Waals surface area contributed by atoms with Crippen molar-refractivity contribution in [2.75, 3.05) is 5.73 Å². The molecule has 98 valence electrons. The van der Waals surface area contributed by atoms with Crippen molar-refractivity contribution >= 4 is 22.8 Å². The van der Waals surface area contributed by atoms with Crippen LogP contribution in [0.1, 0.15) is 10.4 Å². The number of anilines is 1. The number of nitrogen functional groups attached to an aromatic ring is 1. The van der Waals surface area contributed by atoms with Crippen LogP contribution in [0.2, 0.25) is 0 Å². The number of fused-ring (bicyclic) bond motifs is 1. The van der Waals surface area contributed by atoms with Crippen molar-refractivity contribution in [3.05, 3.63) is 42.4 Å². The number of rotatable bonds is 2. The second kappa shape index (κ2) is 4.54. The van der Waals surface area contributed by atoms with Gasteiger partial charge in [0.15, 0.2) is 11.5 Å². The van der Waals surface area contributed by atoms with Crippen molar-refractivity contribution in [1.82, 2.24) is 19.9 Å². The van der Waals surface area contributed by atoms with Gasteiger partial charge >= 0.3 is 5.97 Å². The molecule has 0 atom stereocenters. The minimum Gasteiger partial charge on any atom is -0.478 e. The van der Waals surface area contributed by atoms with E-state index in [4.69, 9.17) is 5.73 Å². The van der Waals surface area contributed by atoms with E-state index in [2.05, 4.69) is 19.9 Å². The number of benzene rings is 1. The molecule has 0 radical (unpaired) electrons. The third kappa shape index (κ3) is 2.01. The SMILES string of the molecule is Nc1ccc(C(=O)O)c(-c2ncc3nccnc3n2)c1. The van der Waals surface area contributed by atoms with Crippen LogP contribution in [-0.4, -0.2) is 31.0 Å². The first-order valence-corrected chi connectivity index (χ1v) is 5.72. The molecule has 0 unspecified atom stereocenters. The third-order valence-corrected chi connectivity index (χ3v) is 2.74. The van der Waals surface area contributed by atoms with Gasteiger partial charge < -0.3 is 10.8 Å². The summed E-state index contributed by atoms with van der Waals surface area (Å²) >= 11 is 0. The number of hydrogen-bond donors (Lipinski definition) is 2. The Morgan fingerprint density at radius 1 is 1.15 bits per heavy atom. The standard InChI is InChI=1S/C13H9N5O2/c14-7-1-2-8(13(19)20)9(5-7)11-17-6-10-12(18-11)16-4-3-15-10/h1-6H,14H2,(H,19,20). The van der Waals surface area contributed by atoms with E-state index in [-0.39, 0.29) is 11.4 Å². The van der Waals surface area contributed by atoms with Crippen molar-refractivity contribution in [3.63, 3.8) is 0 Å². The fourth-order valence-electron chi connectivity index (χ4n) is 1.83. The van der Waals surface area contributed by atoms with E-state index in [1.807, 2.05) is 0 Å². The average molecular weight is 267 g/mol. The van der Waals surface area contributed by atoms with Crippen molar-refractivity contribution in [2.24, 2.45) is 0 Å². The molecule has 7 nitrogen and oxygen atoms in total. The zero-order valence-corrected chi connectivity index (χ0v) is 10.2. The molecular weight excluding hydrogens is 258 g/mol. The number of aromatic nitrogens is 4. The molecule has 20 heavy (non-hydrogen) atoms. The molecule has 0 aliphatic heterocycles. The van der Waals surface area contributed by atoms with Gasteiger partial charge in [0.2, 0.25) is 0 Å². The van der Waals surface area contributed by atoms with Crippen LogP contribution in [0.15, 0.2) is 36.8 Å². The summed E-state index contributed by atoms with van der Waals surface area (Å²) in [6, 6.07) is 4.48. The third-order valence-electron chi connectivity index (χ3n) is 2.74. The Labute approximate surface area is 113 Å². The van der Waals surface area contributed by atoms with Gasteiger partial charge in [-0.3, -0.25) is 0 Å². The van der Waals surface area contributed by atoms with Gasteiger partial charge in [-0.25, -0.2) is 24.7 Å². The maximum Gasteiger partial charge on any atom is 0.336 e. The van der Waals surface area contributed by atoms with Gasteiger partial charge in [0, 0.05) is 23.6 Å². The highest BCUT2D eigenvalue weighted by atomic mass is 16.4. The molecule has 0 bridgehead atoms. The van der Waals surface area contributed by atoms with E-state index in [9.17, 15) is 9.90 Å². The lowest BCUT2D eigenvalue weighted by molar-refractivity contribution is 0.0697. The Kier molecular flexibility index (Phi) is 2.72. The summed E-state index contributed by atoms with van der Waals surface area (Å²) in [6.45, 7) is 0. The van der Waals surface area contributed by atoms with Crippen molar-refractivity contribution in [1.29, 1.82) is 0 Å². The average Bonchev–Trinajstić information content (AvgIpc) is 2.46. The first-order chi connectivity index (χ1) is 9.65. The zero-order valence-electron chi connectivity index (χ0n) is 10.2. The van der Waals surface area contributed by atoms with Crippen LogP contribution in [0, 0.1) is 0 Å². The van der Waals surface area contributed by atoms with Gasteiger partial charge in [-0.2, -0.15) is 0 Å². The quantitative estimate of drug-likeness (QED) is 0.673. The molecule has 0 aliphatic rings. The lowest BCUT2D eigenvalue weighted by atomic mass is 10.1. The zero-order chi connectivity index (χ0) is 14.1. The number of nitrogens with two attached hydrogens (primary N) is 1. The van der Waals surface area contributed by atoms with Crippen LogP contribution in [-0.2, 0) is 0 Å². The van der Waals surface area contributed by atoms with Crippen LogP contribution in [0.25, 0.3) is 22.6 Å². The predicted octanol–water partition coefficient (Wildman–Crippen LogP) is 1.37. The topological polar surface area (TPSA) is 115 Å². The van der Waals surface area contributed by atoms with E-state index in [0.29, 0.717) is 22.4 Å². The fraction of sp³-hybridized carbons (Fsp3) is 0. The number of carboxylic acid groups (broad SMARTS) is 1. The number of nitrogens with zero attached hydrogens (tertiary/aromatic N) is 4. The first-order valence-electron chi connectivity index (χ1n) is 5.72. The maximum absolute atomic E-state index is 11.2. The predicted molar refractivity (Wildman–Crippen MR) is 71.9 cm³/mol. The normalized spacial score (nSPS) is 10.6. The fourth-order valence-corrected chi connectivity index (χ4v) is 1.83. The van der Waals surface area contributed by atoms with Crippen molar-refractivity contribution in [2.45, 2.75) is 0 Å². The first kappa shape index (κ1) is 12.0. The summed E-state index contributed by atoms with van der Waals surface area (Å²) in [5.41, 5.74) is 7.51. The maximum atomic E-state index is 11.2. The highest BCUT2D eigenvalue weighted by molar-refractivity contribution is 5.96. The summed E-state index contributed by atoms with van der Waals surface area (Å²) < 4.78 is 0. The second-order valence-corrected chi connectivity index (χ2v) is 4.07. The lowest BCUT2D eigenvalue weighted by Crippen LogP contribution is -2.03. The second-order valence-electron chi connectivity index (χ2n) is 4.07. The smallest absolute Gasteiger partial charge is 0.336 e. The van der Waals surface area contributed by atoms with E-state index in [1.54, 1.807) is 0 Å². The Hall–Kier alpha value is -3.09. The summed E-state index contributed by atoms with van der Waals surface area (Å²) in [4.78, 5) is 27.7. The Morgan fingerprint density at radius 2 is 1.95 bits per heavy atom. The van der Waals surface area contributed by atoms with E-state index in [1.165, 1.54) is 36.8 Å². The van der Waals surface area contributed by atoms with Crippen LogP contribution >= 0.6 is 0 Å². The molecule has 3 N–H and O–H groups in total. The van der Waals surface area contributed by atoms with E-state index < -0.39 is 5.97 Å². The van der Waals surface area contributed by atoms with Crippen molar-refractivity contribution < 1.29 is 9.90 Å². The monoisotopic (exact) mass is 267 g/mol. The molecule has 1 aromatic carbocycles. The molecule has 2 heterocycles. The molecule has 7 heteroatoms. The molecule has 0 fully saturated rings. The largest absolute Gasteiger partial charge is 0.478 e. The molecule has 0 amide bonds. The van der Waals surface area contributed by atoms with Crippen LogP contribution in [0.4, 0.5) is 5.69 Å². The minimum atomic E-state index is -1.07. The highest BCUT2D eigenvalue weighted by Gasteiger charge is 2.15. The molecule has 3 rings (SSSR count). The van der Waals surface area contributed by atoms with Crippen LogP contribution in [0.3, 0.4) is 0 Å². The molecular formula is C13H9N5O2. The van der Waals surface area contributed by atoms with Gasteiger partial charge in [0.25, 0.3) is 0 Å². The molecule has 0 spiro atoms. The summed E-state index contributed by atoms with van der Waals surface area (Å²) in [5.74, 6) is -0.814. The number of carboxylic acids is 1. The number of carbonyl (C=O) groups is 1. The van der Waals surface area contributed by atoms with Gasteiger partial charge in [-0.1, -0.05) is 0 Å². The number of hydrogen-bond acceptors (Lipinski definition) is 6. The van der Waals surface area contributed by atoms with Crippen LogP contribution in [0.5, 0.6) is 0 Å². The molecule has 0 aliphatic carbocycles. The molecule has 0 saturated carbocycles.